The molecular weight excluding hydrogens is 172 g/mol. The van der Waals surface area contributed by atoms with Crippen LogP contribution in [0.15, 0.2) is 25.1 Å². The Balaban J connectivity index is 1.73. The minimum atomic E-state index is 0.948. The van der Waals surface area contributed by atoms with Crippen molar-refractivity contribution in [3.63, 3.8) is 0 Å². The Labute approximate surface area is 86.9 Å². The normalized spacial score (nSPS) is 22.3. The van der Waals surface area contributed by atoms with Gasteiger partial charge in [0, 0.05) is 25.5 Å². The molecule has 0 saturated heterocycles. The van der Waals surface area contributed by atoms with Crippen molar-refractivity contribution in [1.82, 2.24) is 9.80 Å². The Morgan fingerprint density at radius 3 is 2.64 bits per heavy atom. The second kappa shape index (κ2) is 4.54. The monoisotopic (exact) mass is 192 g/mol. The molecule has 1 aliphatic heterocycles. The molecule has 0 amide bonds. The van der Waals surface area contributed by atoms with Gasteiger partial charge in [0.15, 0.2) is 0 Å². The van der Waals surface area contributed by atoms with Crippen molar-refractivity contribution in [3.8, 4) is 0 Å². The van der Waals surface area contributed by atoms with E-state index in [1.54, 1.807) is 0 Å². The summed E-state index contributed by atoms with van der Waals surface area (Å²) in [6.45, 7) is 7.04. The predicted octanol–water partition coefficient (Wildman–Crippen LogP) is 2.41. The highest BCUT2D eigenvalue weighted by molar-refractivity contribution is 4.94. The zero-order valence-corrected chi connectivity index (χ0v) is 8.86. The molecule has 2 aliphatic rings. The lowest BCUT2D eigenvalue weighted by atomic mass is 10.1. The van der Waals surface area contributed by atoms with Crippen molar-refractivity contribution in [2.75, 3.05) is 19.8 Å². The second-order valence-electron chi connectivity index (χ2n) is 4.42. The molecule has 1 aliphatic carbocycles. The number of rotatable bonds is 4. The van der Waals surface area contributed by atoms with E-state index in [0.29, 0.717) is 0 Å². The first-order chi connectivity index (χ1) is 6.88. The molecule has 0 spiro atoms. The Morgan fingerprint density at radius 2 is 1.93 bits per heavy atom. The first-order valence-corrected chi connectivity index (χ1v) is 5.66. The largest absolute Gasteiger partial charge is 0.358 e. The van der Waals surface area contributed by atoms with Crippen molar-refractivity contribution >= 4 is 0 Å². The molecule has 0 aromatic carbocycles. The van der Waals surface area contributed by atoms with Crippen LogP contribution in [0.1, 0.15) is 25.7 Å². The van der Waals surface area contributed by atoms with Gasteiger partial charge in [-0.05, 0) is 18.8 Å². The molecule has 14 heavy (non-hydrogen) atoms. The van der Waals surface area contributed by atoms with Crippen LogP contribution in [0.2, 0.25) is 0 Å². The number of hydrogen-bond acceptors (Lipinski definition) is 2. The van der Waals surface area contributed by atoms with Crippen LogP contribution in [0.3, 0.4) is 0 Å². The van der Waals surface area contributed by atoms with E-state index in [2.05, 4.69) is 28.8 Å². The van der Waals surface area contributed by atoms with Gasteiger partial charge in [-0.1, -0.05) is 18.9 Å². The van der Waals surface area contributed by atoms with Gasteiger partial charge in [0.25, 0.3) is 0 Å². The molecule has 2 rings (SSSR count). The molecule has 0 aromatic rings. The Morgan fingerprint density at radius 1 is 1.21 bits per heavy atom. The van der Waals surface area contributed by atoms with Gasteiger partial charge >= 0.3 is 0 Å². The van der Waals surface area contributed by atoms with Crippen LogP contribution in [0.5, 0.6) is 0 Å². The topological polar surface area (TPSA) is 6.48 Å². The summed E-state index contributed by atoms with van der Waals surface area (Å²) in [5, 5.41) is 0. The van der Waals surface area contributed by atoms with Crippen molar-refractivity contribution in [2.24, 2.45) is 5.92 Å². The zero-order chi connectivity index (χ0) is 9.80. The van der Waals surface area contributed by atoms with Crippen molar-refractivity contribution in [3.05, 3.63) is 25.1 Å². The maximum Gasteiger partial charge on any atom is 0.0897 e. The molecule has 0 radical (unpaired) electrons. The van der Waals surface area contributed by atoms with Crippen LogP contribution in [-0.2, 0) is 0 Å². The summed E-state index contributed by atoms with van der Waals surface area (Å²) < 4.78 is 0. The molecule has 78 valence electrons. The highest BCUT2D eigenvalue weighted by Crippen LogP contribution is 2.26. The molecule has 0 bridgehead atoms. The van der Waals surface area contributed by atoms with Crippen LogP contribution >= 0.6 is 0 Å². The lowest BCUT2D eigenvalue weighted by Crippen LogP contribution is -2.28. The van der Waals surface area contributed by atoms with Gasteiger partial charge in [-0.15, -0.1) is 6.58 Å². The predicted molar refractivity (Wildman–Crippen MR) is 59.6 cm³/mol. The molecule has 1 heterocycles. The van der Waals surface area contributed by atoms with Crippen molar-refractivity contribution < 1.29 is 0 Å². The summed E-state index contributed by atoms with van der Waals surface area (Å²) in [6, 6.07) is 0. The molecule has 1 saturated carbocycles. The summed E-state index contributed by atoms with van der Waals surface area (Å²) >= 11 is 0. The van der Waals surface area contributed by atoms with Gasteiger partial charge in [-0.2, -0.15) is 0 Å². The fraction of sp³-hybridized carbons (Fsp3) is 0.667. The Hall–Kier alpha value is -0.920. The summed E-state index contributed by atoms with van der Waals surface area (Å²) in [5.74, 6) is 0.948. The summed E-state index contributed by atoms with van der Waals surface area (Å²) in [7, 11) is 0. The van der Waals surface area contributed by atoms with E-state index in [1.807, 2.05) is 6.08 Å². The first kappa shape index (κ1) is 9.63. The average Bonchev–Trinajstić information content (AvgIpc) is 2.79. The smallest absolute Gasteiger partial charge is 0.0897 e. The first-order valence-electron chi connectivity index (χ1n) is 5.66. The summed E-state index contributed by atoms with van der Waals surface area (Å²) in [4.78, 5) is 4.72. The van der Waals surface area contributed by atoms with Gasteiger partial charge in [-0.25, -0.2) is 0 Å². The third kappa shape index (κ3) is 2.31. The Bertz CT molecular complexity index is 216. The maximum absolute atomic E-state index is 3.76. The molecule has 0 aromatic heterocycles. The van der Waals surface area contributed by atoms with E-state index >= 15 is 0 Å². The molecule has 1 fully saturated rings. The van der Waals surface area contributed by atoms with E-state index in [9.17, 15) is 0 Å². The van der Waals surface area contributed by atoms with E-state index < -0.39 is 0 Å². The van der Waals surface area contributed by atoms with Crippen molar-refractivity contribution in [1.29, 1.82) is 0 Å². The molecule has 0 unspecified atom stereocenters. The Kier molecular flexibility index (Phi) is 3.12. The van der Waals surface area contributed by atoms with E-state index in [1.165, 1.54) is 32.2 Å². The van der Waals surface area contributed by atoms with Crippen LogP contribution in [0.4, 0.5) is 0 Å². The molecule has 2 nitrogen and oxygen atoms in total. The van der Waals surface area contributed by atoms with E-state index in [-0.39, 0.29) is 0 Å². The van der Waals surface area contributed by atoms with Crippen molar-refractivity contribution in [2.45, 2.75) is 25.7 Å². The number of hydrogen-bond donors (Lipinski definition) is 0. The van der Waals surface area contributed by atoms with Crippen LogP contribution < -0.4 is 0 Å². The number of nitrogens with zero attached hydrogens (tertiary/aromatic N) is 2. The fourth-order valence-corrected chi connectivity index (χ4v) is 2.44. The molecule has 2 heteroatoms. The lowest BCUT2D eigenvalue weighted by Gasteiger charge is -2.22. The highest BCUT2D eigenvalue weighted by Gasteiger charge is 2.19. The summed E-state index contributed by atoms with van der Waals surface area (Å²) in [6.07, 6.45) is 12.1. The zero-order valence-electron chi connectivity index (χ0n) is 8.86. The maximum atomic E-state index is 3.76. The lowest BCUT2D eigenvalue weighted by molar-refractivity contribution is 0.248. The van der Waals surface area contributed by atoms with Gasteiger partial charge in [0.2, 0.25) is 0 Å². The second-order valence-corrected chi connectivity index (χ2v) is 4.42. The average molecular weight is 192 g/mol. The third-order valence-electron chi connectivity index (χ3n) is 3.18. The molecule has 0 atom stereocenters. The summed E-state index contributed by atoms with van der Waals surface area (Å²) in [5.41, 5.74) is 0. The van der Waals surface area contributed by atoms with Gasteiger partial charge < -0.3 is 9.80 Å². The SMILES string of the molecule is C=CCN1C=CN(CC2CCCC2)C1. The highest BCUT2D eigenvalue weighted by atomic mass is 15.3. The van der Waals surface area contributed by atoms with Crippen LogP contribution in [0.25, 0.3) is 0 Å². The van der Waals surface area contributed by atoms with Crippen LogP contribution in [-0.4, -0.2) is 29.6 Å². The quantitative estimate of drug-likeness (QED) is 0.631. The van der Waals surface area contributed by atoms with Gasteiger partial charge in [0.1, 0.15) is 0 Å². The van der Waals surface area contributed by atoms with Gasteiger partial charge in [-0.3, -0.25) is 0 Å². The van der Waals surface area contributed by atoms with Gasteiger partial charge in [0.05, 0.1) is 6.67 Å². The molecule has 0 N–H and O–H groups in total. The minimum Gasteiger partial charge on any atom is -0.358 e. The van der Waals surface area contributed by atoms with Crippen LogP contribution in [0, 0.1) is 5.92 Å². The standard InChI is InChI=1S/C12H20N2/c1-2-7-13-8-9-14(11-13)10-12-5-3-4-6-12/h2,8-9,12H,1,3-7,10-11H2. The third-order valence-corrected chi connectivity index (χ3v) is 3.18. The molecular formula is C12H20N2. The van der Waals surface area contributed by atoms with E-state index in [0.717, 1.165) is 19.1 Å². The fourth-order valence-electron chi connectivity index (χ4n) is 2.44. The van der Waals surface area contributed by atoms with E-state index in [4.69, 9.17) is 0 Å². The minimum absolute atomic E-state index is 0.948.